The number of piperazine rings is 1. The number of nitrogens with one attached hydrogen (secondary N) is 1. The van der Waals surface area contributed by atoms with Gasteiger partial charge < -0.3 is 19.6 Å². The van der Waals surface area contributed by atoms with Gasteiger partial charge >= 0.3 is 0 Å². The molecule has 3 heterocycles. The number of fused-ring (bicyclic) bond motifs is 1. The quantitative estimate of drug-likeness (QED) is 0.611. The van der Waals surface area contributed by atoms with Crippen LogP contribution in [0.25, 0.3) is 0 Å². The summed E-state index contributed by atoms with van der Waals surface area (Å²) in [4.78, 5) is 26.9. The highest BCUT2D eigenvalue weighted by molar-refractivity contribution is 6.30. The van der Waals surface area contributed by atoms with Gasteiger partial charge in [0.25, 0.3) is 0 Å². The normalized spacial score (nSPS) is 27.1. The highest BCUT2D eigenvalue weighted by atomic mass is 35.5. The van der Waals surface area contributed by atoms with Crippen LogP contribution in [0.2, 0.25) is 5.02 Å². The summed E-state index contributed by atoms with van der Waals surface area (Å²) in [7, 11) is 0. The number of aromatic nitrogens is 2. The monoisotopic (exact) mass is 513 g/mol. The van der Waals surface area contributed by atoms with E-state index >= 15 is 0 Å². The van der Waals surface area contributed by atoms with Gasteiger partial charge in [0.15, 0.2) is 0 Å². The molecule has 8 nitrogen and oxygen atoms in total. The van der Waals surface area contributed by atoms with Gasteiger partial charge in [0.1, 0.15) is 18.4 Å². The molecule has 3 aliphatic rings. The lowest BCUT2D eigenvalue weighted by Crippen LogP contribution is -2.52. The first-order valence-corrected chi connectivity index (χ1v) is 13.5. The molecule has 2 N–H and O–H groups in total. The lowest BCUT2D eigenvalue weighted by Gasteiger charge is -2.38. The molecular weight excluding hydrogens is 478 g/mol. The Labute approximate surface area is 218 Å². The molecule has 1 amide bonds. The molecule has 0 radical (unpaired) electrons. The number of amides is 1. The first-order valence-electron chi connectivity index (χ1n) is 13.1. The van der Waals surface area contributed by atoms with Gasteiger partial charge in [-0.1, -0.05) is 37.6 Å². The topological polar surface area (TPSA) is 90.8 Å². The van der Waals surface area contributed by atoms with E-state index in [1.54, 1.807) is 6.33 Å². The van der Waals surface area contributed by atoms with E-state index in [0.717, 1.165) is 42.1 Å². The van der Waals surface area contributed by atoms with Crippen molar-refractivity contribution in [3.05, 3.63) is 52.4 Å². The third kappa shape index (κ3) is 5.37. The summed E-state index contributed by atoms with van der Waals surface area (Å²) in [6, 6.07) is 7.59. The summed E-state index contributed by atoms with van der Waals surface area (Å²) < 4.78 is 5.90. The fraction of sp³-hybridized carbons (Fsp3) is 0.593. The fourth-order valence-corrected chi connectivity index (χ4v) is 5.84. The van der Waals surface area contributed by atoms with Crippen LogP contribution in [0.15, 0.2) is 30.6 Å². The second-order valence-corrected chi connectivity index (χ2v) is 10.9. The van der Waals surface area contributed by atoms with Gasteiger partial charge in [-0.25, -0.2) is 9.97 Å². The summed E-state index contributed by atoms with van der Waals surface area (Å²) in [5, 5.41) is 14.5. The van der Waals surface area contributed by atoms with Crippen molar-refractivity contribution in [3.8, 4) is 0 Å². The summed E-state index contributed by atoms with van der Waals surface area (Å²) in [5.41, 5.74) is 2.76. The molecule has 1 aromatic heterocycles. The summed E-state index contributed by atoms with van der Waals surface area (Å²) in [6.07, 6.45) is 3.71. The van der Waals surface area contributed by atoms with Crippen molar-refractivity contribution in [3.63, 3.8) is 0 Å². The minimum Gasteiger partial charge on any atom is -0.387 e. The maximum atomic E-state index is 13.8. The van der Waals surface area contributed by atoms with Gasteiger partial charge in [-0.05, 0) is 48.8 Å². The van der Waals surface area contributed by atoms with Gasteiger partial charge in [-0.3, -0.25) is 10.1 Å². The molecule has 36 heavy (non-hydrogen) atoms. The molecule has 5 atom stereocenters. The van der Waals surface area contributed by atoms with Gasteiger partial charge in [0.2, 0.25) is 5.91 Å². The number of rotatable bonds is 6. The minimum atomic E-state index is -0.525. The van der Waals surface area contributed by atoms with Gasteiger partial charge in [-0.2, -0.15) is 0 Å². The SMILES string of the molecule is CC1CCOC(NC[C@@H](C(=O)N2CCN(c3ncnc4c3[C@H](C)C[C@H]4O)CC2)c2ccc(Cl)cc2)C1. The number of aliphatic hydroxyl groups excluding tert-OH is 1. The zero-order valence-electron chi connectivity index (χ0n) is 21.1. The number of hydrogen-bond donors (Lipinski definition) is 2. The standard InChI is InChI=1S/C27H36ClN5O3/c1-17-7-12-36-23(13-17)29-15-21(19-3-5-20(28)6-4-19)27(35)33-10-8-32(9-11-33)26-24-18(2)14-22(34)25(24)30-16-31-26/h3-6,16-18,21-23,29,34H,7-15H2,1-2H3/t17?,18-,21-,22-,23?/m1/s1. The van der Waals surface area contributed by atoms with Crippen molar-refractivity contribution >= 4 is 23.3 Å². The molecule has 2 aromatic rings. The van der Waals surface area contributed by atoms with Crippen LogP contribution in [-0.2, 0) is 9.53 Å². The van der Waals surface area contributed by atoms with E-state index in [2.05, 4.69) is 34.0 Å². The van der Waals surface area contributed by atoms with Crippen LogP contribution in [0.5, 0.6) is 0 Å². The maximum absolute atomic E-state index is 13.8. The van der Waals surface area contributed by atoms with E-state index in [-0.39, 0.29) is 24.0 Å². The van der Waals surface area contributed by atoms with Crippen LogP contribution in [-0.4, -0.2) is 71.4 Å². The van der Waals surface area contributed by atoms with Crippen LogP contribution < -0.4 is 10.2 Å². The number of anilines is 1. The Kier molecular flexibility index (Phi) is 7.76. The molecule has 2 saturated heterocycles. The number of carbonyl (C=O) groups excluding carboxylic acids is 1. The second-order valence-electron chi connectivity index (χ2n) is 10.5. The summed E-state index contributed by atoms with van der Waals surface area (Å²) >= 11 is 6.13. The molecule has 0 spiro atoms. The molecule has 2 fully saturated rings. The maximum Gasteiger partial charge on any atom is 0.231 e. The van der Waals surface area contributed by atoms with E-state index in [9.17, 15) is 9.90 Å². The van der Waals surface area contributed by atoms with E-state index in [0.29, 0.717) is 50.1 Å². The number of aliphatic hydroxyl groups is 1. The third-order valence-electron chi connectivity index (χ3n) is 7.84. The van der Waals surface area contributed by atoms with Crippen molar-refractivity contribution in [2.24, 2.45) is 5.92 Å². The zero-order valence-corrected chi connectivity index (χ0v) is 21.8. The first-order chi connectivity index (χ1) is 17.4. The fourth-order valence-electron chi connectivity index (χ4n) is 5.71. The molecule has 0 bridgehead atoms. The average Bonchev–Trinajstić information content (AvgIpc) is 3.18. The van der Waals surface area contributed by atoms with E-state index in [1.807, 2.05) is 29.2 Å². The van der Waals surface area contributed by atoms with Crippen molar-refractivity contribution in [1.29, 1.82) is 0 Å². The summed E-state index contributed by atoms with van der Waals surface area (Å²) in [6.45, 7) is 8.26. The number of benzene rings is 1. The Morgan fingerprint density at radius 1 is 1.17 bits per heavy atom. The molecular formula is C27H36ClN5O3. The third-order valence-corrected chi connectivity index (χ3v) is 8.09. The van der Waals surface area contributed by atoms with Crippen molar-refractivity contribution in [1.82, 2.24) is 20.2 Å². The van der Waals surface area contributed by atoms with Crippen LogP contribution in [0, 0.1) is 5.92 Å². The van der Waals surface area contributed by atoms with E-state index < -0.39 is 6.10 Å². The van der Waals surface area contributed by atoms with Gasteiger partial charge in [0, 0.05) is 49.9 Å². The smallest absolute Gasteiger partial charge is 0.231 e. The number of ether oxygens (including phenoxy) is 1. The Morgan fingerprint density at radius 2 is 1.92 bits per heavy atom. The summed E-state index contributed by atoms with van der Waals surface area (Å²) in [5.74, 6) is 1.53. The Morgan fingerprint density at radius 3 is 2.64 bits per heavy atom. The van der Waals surface area contributed by atoms with Crippen molar-refractivity contribution in [2.75, 3.05) is 44.2 Å². The van der Waals surface area contributed by atoms with Crippen LogP contribution >= 0.6 is 11.6 Å². The lowest BCUT2D eigenvalue weighted by atomic mass is 9.96. The minimum absolute atomic E-state index is 0.0228. The zero-order chi connectivity index (χ0) is 25.2. The predicted octanol–water partition coefficient (Wildman–Crippen LogP) is 3.47. The molecule has 2 aliphatic heterocycles. The van der Waals surface area contributed by atoms with E-state index in [4.69, 9.17) is 16.3 Å². The predicted molar refractivity (Wildman–Crippen MR) is 139 cm³/mol. The number of carbonyl (C=O) groups is 1. The largest absolute Gasteiger partial charge is 0.387 e. The molecule has 1 aromatic carbocycles. The van der Waals surface area contributed by atoms with E-state index in [1.165, 1.54) is 0 Å². The molecule has 9 heteroatoms. The van der Waals surface area contributed by atoms with Gasteiger partial charge in [0.05, 0.1) is 17.7 Å². The molecule has 194 valence electrons. The highest BCUT2D eigenvalue weighted by Gasteiger charge is 2.35. The lowest BCUT2D eigenvalue weighted by molar-refractivity contribution is -0.133. The van der Waals surface area contributed by atoms with Crippen LogP contribution in [0.3, 0.4) is 0 Å². The number of nitrogens with zero attached hydrogens (tertiary/aromatic N) is 4. The number of halogens is 1. The van der Waals surface area contributed by atoms with Crippen LogP contribution in [0.1, 0.15) is 67.9 Å². The molecule has 1 aliphatic carbocycles. The average molecular weight is 514 g/mol. The van der Waals surface area contributed by atoms with Crippen molar-refractivity contribution in [2.45, 2.75) is 57.3 Å². The molecule has 0 saturated carbocycles. The van der Waals surface area contributed by atoms with Crippen molar-refractivity contribution < 1.29 is 14.6 Å². The first kappa shape index (κ1) is 25.4. The molecule has 5 rings (SSSR count). The van der Waals surface area contributed by atoms with Gasteiger partial charge in [-0.15, -0.1) is 0 Å². The Bertz CT molecular complexity index is 1060. The highest BCUT2D eigenvalue weighted by Crippen LogP contribution is 2.42. The second kappa shape index (κ2) is 11.0. The Balaban J connectivity index is 1.27. The Hall–Kier alpha value is -2.26. The van der Waals surface area contributed by atoms with Crippen LogP contribution in [0.4, 0.5) is 5.82 Å². The molecule has 2 unspecified atom stereocenters. The number of hydrogen-bond acceptors (Lipinski definition) is 7.